The molecule has 5 nitrogen and oxygen atoms in total. The van der Waals surface area contributed by atoms with Crippen LogP contribution < -0.4 is 5.32 Å². The number of hydrogen-bond acceptors (Lipinski definition) is 3. The Labute approximate surface area is 121 Å². The molecule has 0 radical (unpaired) electrons. The van der Waals surface area contributed by atoms with Crippen molar-refractivity contribution in [2.24, 2.45) is 7.05 Å². The Morgan fingerprint density at radius 2 is 2.05 bits per heavy atom. The molecule has 0 saturated carbocycles. The predicted molar refractivity (Wildman–Crippen MR) is 80.7 cm³/mol. The normalized spacial score (nSPS) is 11.2. The van der Waals surface area contributed by atoms with Crippen LogP contribution in [-0.4, -0.2) is 26.4 Å². The fourth-order valence-electron chi connectivity index (χ4n) is 2.68. The minimum atomic E-state index is 0.894. The molecule has 110 valence electrons. The Bertz CT molecular complexity index is 553. The smallest absolute Gasteiger partial charge is 0.110 e. The minimum absolute atomic E-state index is 0.894. The summed E-state index contributed by atoms with van der Waals surface area (Å²) in [6.45, 7) is 6.16. The first-order chi connectivity index (χ1) is 9.71. The van der Waals surface area contributed by atoms with Gasteiger partial charge in [-0.1, -0.05) is 13.8 Å². The Balaban J connectivity index is 2.20. The van der Waals surface area contributed by atoms with Crippen LogP contribution in [0.5, 0.6) is 0 Å². The lowest BCUT2D eigenvalue weighted by molar-refractivity contribution is 0.561. The molecule has 2 aromatic heterocycles. The summed E-state index contributed by atoms with van der Waals surface area (Å²) in [5, 5.41) is 8.04. The highest BCUT2D eigenvalue weighted by atomic mass is 15.3. The van der Waals surface area contributed by atoms with E-state index in [0.717, 1.165) is 38.2 Å². The molecule has 0 saturated heterocycles. The number of rotatable bonds is 7. The van der Waals surface area contributed by atoms with Crippen LogP contribution in [0.25, 0.3) is 0 Å². The van der Waals surface area contributed by atoms with Crippen molar-refractivity contribution in [1.82, 2.24) is 24.6 Å². The number of aryl methyl sites for hydroxylation is 4. The van der Waals surface area contributed by atoms with Crippen LogP contribution in [0.4, 0.5) is 0 Å². The third-order valence-corrected chi connectivity index (χ3v) is 3.74. The summed E-state index contributed by atoms with van der Waals surface area (Å²) in [5.41, 5.74) is 3.94. The van der Waals surface area contributed by atoms with Crippen molar-refractivity contribution >= 4 is 0 Å². The molecule has 0 atom stereocenters. The second-order valence-electron chi connectivity index (χ2n) is 5.04. The zero-order chi connectivity index (χ0) is 14.5. The van der Waals surface area contributed by atoms with E-state index < -0.39 is 0 Å². The summed E-state index contributed by atoms with van der Waals surface area (Å²) in [6.07, 6.45) is 6.76. The van der Waals surface area contributed by atoms with Gasteiger partial charge in [0.25, 0.3) is 0 Å². The Morgan fingerprint density at radius 1 is 1.25 bits per heavy atom. The lowest BCUT2D eigenvalue weighted by Gasteiger charge is -2.08. The van der Waals surface area contributed by atoms with Crippen molar-refractivity contribution in [3.8, 4) is 0 Å². The van der Waals surface area contributed by atoms with Crippen LogP contribution in [0.1, 0.15) is 36.6 Å². The quantitative estimate of drug-likeness (QED) is 0.836. The maximum atomic E-state index is 4.79. The first kappa shape index (κ1) is 14.8. The van der Waals surface area contributed by atoms with Crippen LogP contribution in [0, 0.1) is 0 Å². The number of nitrogens with zero attached hydrogens (tertiary/aromatic N) is 4. The van der Waals surface area contributed by atoms with Crippen LogP contribution >= 0.6 is 0 Å². The third kappa shape index (κ3) is 2.93. The summed E-state index contributed by atoms with van der Waals surface area (Å²) in [5.74, 6) is 1.11. The van der Waals surface area contributed by atoms with Gasteiger partial charge in [-0.25, -0.2) is 4.98 Å². The van der Waals surface area contributed by atoms with E-state index >= 15 is 0 Å². The van der Waals surface area contributed by atoms with Gasteiger partial charge in [0.05, 0.1) is 5.69 Å². The van der Waals surface area contributed by atoms with Gasteiger partial charge in [0, 0.05) is 50.2 Å². The standard InChI is InChI=1S/C15H25N5/c1-5-13-12(11-16-3)14(6-2)20(18-13)9-7-15-17-8-10-19(15)4/h8,10,16H,5-7,9,11H2,1-4H3. The molecule has 0 aliphatic heterocycles. The SMILES string of the molecule is CCc1nn(CCc2nccn2C)c(CC)c1CNC. The molecular weight excluding hydrogens is 250 g/mol. The van der Waals surface area contributed by atoms with Crippen LogP contribution in [0.15, 0.2) is 12.4 Å². The molecule has 0 spiro atoms. The summed E-state index contributed by atoms with van der Waals surface area (Å²) < 4.78 is 4.24. The molecule has 20 heavy (non-hydrogen) atoms. The highest BCUT2D eigenvalue weighted by molar-refractivity contribution is 5.26. The topological polar surface area (TPSA) is 47.7 Å². The van der Waals surface area contributed by atoms with E-state index in [9.17, 15) is 0 Å². The molecule has 1 N–H and O–H groups in total. The summed E-state index contributed by atoms with van der Waals surface area (Å²) in [6, 6.07) is 0. The van der Waals surface area contributed by atoms with Gasteiger partial charge < -0.3 is 9.88 Å². The maximum Gasteiger partial charge on any atom is 0.110 e. The zero-order valence-electron chi connectivity index (χ0n) is 13.0. The molecule has 0 fully saturated rings. The fraction of sp³-hybridized carbons (Fsp3) is 0.600. The van der Waals surface area contributed by atoms with E-state index in [1.54, 1.807) is 0 Å². The molecule has 0 aromatic carbocycles. The summed E-state index contributed by atoms with van der Waals surface area (Å²) in [4.78, 5) is 4.38. The molecular formula is C15H25N5. The van der Waals surface area contributed by atoms with E-state index in [1.165, 1.54) is 17.0 Å². The second-order valence-corrected chi connectivity index (χ2v) is 5.04. The monoisotopic (exact) mass is 275 g/mol. The van der Waals surface area contributed by atoms with E-state index in [0.29, 0.717) is 0 Å². The molecule has 0 unspecified atom stereocenters. The fourth-order valence-corrected chi connectivity index (χ4v) is 2.68. The molecule has 0 bridgehead atoms. The molecule has 5 heteroatoms. The minimum Gasteiger partial charge on any atom is -0.338 e. The van der Waals surface area contributed by atoms with Crippen molar-refractivity contribution in [2.75, 3.05) is 7.05 Å². The van der Waals surface area contributed by atoms with Gasteiger partial charge in [0.2, 0.25) is 0 Å². The molecule has 0 aliphatic rings. The highest BCUT2D eigenvalue weighted by Crippen LogP contribution is 2.16. The van der Waals surface area contributed by atoms with Gasteiger partial charge in [0.1, 0.15) is 5.82 Å². The van der Waals surface area contributed by atoms with Crippen molar-refractivity contribution < 1.29 is 0 Å². The van der Waals surface area contributed by atoms with E-state index in [4.69, 9.17) is 5.10 Å². The maximum absolute atomic E-state index is 4.79. The van der Waals surface area contributed by atoms with E-state index in [-0.39, 0.29) is 0 Å². The lowest BCUT2D eigenvalue weighted by Crippen LogP contribution is -2.12. The van der Waals surface area contributed by atoms with Gasteiger partial charge in [-0.05, 0) is 19.9 Å². The van der Waals surface area contributed by atoms with Crippen LogP contribution in [0.3, 0.4) is 0 Å². The zero-order valence-corrected chi connectivity index (χ0v) is 13.0. The van der Waals surface area contributed by atoms with Crippen molar-refractivity contribution in [3.63, 3.8) is 0 Å². The van der Waals surface area contributed by atoms with Crippen LogP contribution in [-0.2, 0) is 39.4 Å². The summed E-state index contributed by atoms with van der Waals surface area (Å²) >= 11 is 0. The molecule has 2 rings (SSSR count). The average Bonchev–Trinajstić information content (AvgIpc) is 3.00. The lowest BCUT2D eigenvalue weighted by atomic mass is 10.1. The van der Waals surface area contributed by atoms with Gasteiger partial charge in [0.15, 0.2) is 0 Å². The molecule has 2 aromatic rings. The Kier molecular flexibility index (Phi) is 4.95. The molecule has 2 heterocycles. The number of aromatic nitrogens is 4. The van der Waals surface area contributed by atoms with E-state index in [1.807, 2.05) is 26.5 Å². The van der Waals surface area contributed by atoms with Crippen molar-refractivity contribution in [3.05, 3.63) is 35.2 Å². The van der Waals surface area contributed by atoms with E-state index in [2.05, 4.69) is 33.4 Å². The molecule has 0 aliphatic carbocycles. The van der Waals surface area contributed by atoms with Gasteiger partial charge in [-0.15, -0.1) is 0 Å². The van der Waals surface area contributed by atoms with Crippen molar-refractivity contribution in [2.45, 2.75) is 46.2 Å². The first-order valence-corrected chi connectivity index (χ1v) is 7.39. The third-order valence-electron chi connectivity index (χ3n) is 3.74. The number of imidazole rings is 1. The largest absolute Gasteiger partial charge is 0.338 e. The predicted octanol–water partition coefficient (Wildman–Crippen LogP) is 1.70. The van der Waals surface area contributed by atoms with Gasteiger partial charge in [-0.2, -0.15) is 5.10 Å². The Hall–Kier alpha value is -1.62. The Morgan fingerprint density at radius 3 is 2.60 bits per heavy atom. The van der Waals surface area contributed by atoms with Crippen LogP contribution in [0.2, 0.25) is 0 Å². The van der Waals surface area contributed by atoms with Crippen molar-refractivity contribution in [1.29, 1.82) is 0 Å². The summed E-state index contributed by atoms with van der Waals surface area (Å²) in [7, 11) is 4.03. The average molecular weight is 275 g/mol. The highest BCUT2D eigenvalue weighted by Gasteiger charge is 2.15. The number of nitrogens with one attached hydrogen (secondary N) is 1. The van der Waals surface area contributed by atoms with Gasteiger partial charge >= 0.3 is 0 Å². The number of hydrogen-bond donors (Lipinski definition) is 1. The second kappa shape index (κ2) is 6.70. The first-order valence-electron chi connectivity index (χ1n) is 7.39. The molecule has 0 amide bonds. The van der Waals surface area contributed by atoms with Gasteiger partial charge in [-0.3, -0.25) is 4.68 Å².